The van der Waals surface area contributed by atoms with Gasteiger partial charge in [0.2, 0.25) is 11.8 Å². The number of anilines is 2. The molecule has 1 aliphatic heterocycles. The molecule has 3 rings (SSSR count). The van der Waals surface area contributed by atoms with Crippen LogP contribution in [-0.4, -0.2) is 26.2 Å². The molecular weight excluding hydrogens is 346 g/mol. The van der Waals surface area contributed by atoms with Crippen molar-refractivity contribution in [3.63, 3.8) is 0 Å². The fourth-order valence-electron chi connectivity index (χ4n) is 2.99. The zero-order chi connectivity index (χ0) is 19.4. The van der Waals surface area contributed by atoms with Crippen molar-refractivity contribution in [1.82, 2.24) is 14.3 Å². The van der Waals surface area contributed by atoms with Gasteiger partial charge in [-0.3, -0.25) is 14.2 Å². The average Bonchev–Trinajstić information content (AvgIpc) is 2.80. The number of aromatic nitrogens is 3. The lowest BCUT2D eigenvalue weighted by molar-refractivity contribution is -0.119. The molecule has 0 atom stereocenters. The molecule has 2 amide bonds. The molecule has 1 aromatic heterocycles. The second-order valence-electron chi connectivity index (χ2n) is 7.09. The van der Waals surface area contributed by atoms with Crippen LogP contribution in [0.1, 0.15) is 38.9 Å². The van der Waals surface area contributed by atoms with Gasteiger partial charge in [-0.1, -0.05) is 20.3 Å². The summed E-state index contributed by atoms with van der Waals surface area (Å²) in [6, 6.07) is 6.86. The number of rotatable bonds is 5. The number of nitrogens with one attached hydrogen (secondary N) is 2. The van der Waals surface area contributed by atoms with Gasteiger partial charge < -0.3 is 10.6 Å². The van der Waals surface area contributed by atoms with E-state index in [1.54, 1.807) is 28.8 Å². The third-order valence-corrected chi connectivity index (χ3v) is 4.54. The van der Waals surface area contributed by atoms with Crippen molar-refractivity contribution < 1.29 is 9.59 Å². The minimum Gasteiger partial charge on any atom is -0.326 e. The number of amides is 2. The summed E-state index contributed by atoms with van der Waals surface area (Å²) in [5.74, 6) is 0.276. The van der Waals surface area contributed by atoms with Crippen molar-refractivity contribution >= 4 is 23.2 Å². The van der Waals surface area contributed by atoms with E-state index in [1.807, 2.05) is 13.8 Å². The first-order valence-corrected chi connectivity index (χ1v) is 9.31. The summed E-state index contributed by atoms with van der Waals surface area (Å²) in [5, 5.41) is 9.86. The molecule has 0 aliphatic carbocycles. The number of fused-ring (bicyclic) bond motifs is 1. The fourth-order valence-corrected chi connectivity index (χ4v) is 2.99. The Bertz CT molecular complexity index is 880. The van der Waals surface area contributed by atoms with Crippen LogP contribution >= 0.6 is 0 Å². The normalized spacial score (nSPS) is 13.7. The molecule has 2 heterocycles. The van der Waals surface area contributed by atoms with Crippen LogP contribution in [0.5, 0.6) is 0 Å². The highest BCUT2D eigenvalue weighted by molar-refractivity contribution is 5.93. The van der Waals surface area contributed by atoms with E-state index in [1.165, 1.54) is 4.68 Å². The Morgan fingerprint density at radius 1 is 1.07 bits per heavy atom. The minimum atomic E-state index is -0.315. The van der Waals surface area contributed by atoms with Crippen LogP contribution in [0.3, 0.4) is 0 Å². The number of hydrogen-bond acceptors (Lipinski definition) is 4. The highest BCUT2D eigenvalue weighted by Crippen LogP contribution is 2.15. The predicted molar refractivity (Wildman–Crippen MR) is 103 cm³/mol. The van der Waals surface area contributed by atoms with Gasteiger partial charge in [-0.05, 0) is 37.1 Å². The number of carbonyl (C=O) groups excluding carboxylic acids is 2. The van der Waals surface area contributed by atoms with Gasteiger partial charge in [-0.2, -0.15) is 5.10 Å². The number of hydrogen-bond donors (Lipinski definition) is 2. The van der Waals surface area contributed by atoms with Crippen LogP contribution in [0, 0.1) is 5.92 Å². The van der Waals surface area contributed by atoms with Crippen LogP contribution in [-0.2, 0) is 29.1 Å². The third-order valence-electron chi connectivity index (χ3n) is 4.54. The van der Waals surface area contributed by atoms with Crippen molar-refractivity contribution in [2.75, 3.05) is 10.6 Å². The molecule has 1 aliphatic rings. The Hall–Kier alpha value is -2.90. The summed E-state index contributed by atoms with van der Waals surface area (Å²) >= 11 is 0. The van der Waals surface area contributed by atoms with E-state index >= 15 is 0 Å². The summed E-state index contributed by atoms with van der Waals surface area (Å²) in [7, 11) is 0. The zero-order valence-corrected chi connectivity index (χ0v) is 15.7. The van der Waals surface area contributed by atoms with E-state index < -0.39 is 0 Å². The average molecular weight is 371 g/mol. The van der Waals surface area contributed by atoms with Crippen LogP contribution < -0.4 is 16.3 Å². The van der Waals surface area contributed by atoms with Crippen LogP contribution in [0.25, 0.3) is 0 Å². The van der Waals surface area contributed by atoms with Gasteiger partial charge in [0.05, 0.1) is 0 Å². The van der Waals surface area contributed by atoms with Gasteiger partial charge in [-0.15, -0.1) is 0 Å². The number of aryl methyl sites for hydroxylation is 1. The van der Waals surface area contributed by atoms with Gasteiger partial charge in [0, 0.05) is 30.3 Å². The first kappa shape index (κ1) is 18.9. The smallest absolute Gasteiger partial charge is 0.326 e. The standard InChI is InChI=1S/C19H25N5O3/c1-13(2)18(26)21-15-9-7-14(8-10-15)20-17(25)12-24-19(27)23-11-5-3-4-6-16(23)22-24/h7-10,13H,3-6,11-12H2,1-2H3,(H,20,25)(H,21,26). The molecule has 0 bridgehead atoms. The lowest BCUT2D eigenvalue weighted by Gasteiger charge is -2.09. The SMILES string of the molecule is CC(C)C(=O)Nc1ccc(NC(=O)Cn2nc3n(c2=O)CCCCC3)cc1. The molecule has 144 valence electrons. The molecule has 2 aromatic rings. The van der Waals surface area contributed by atoms with Crippen LogP contribution in [0.2, 0.25) is 0 Å². The van der Waals surface area contributed by atoms with Gasteiger partial charge in [0.15, 0.2) is 0 Å². The van der Waals surface area contributed by atoms with E-state index in [2.05, 4.69) is 15.7 Å². The van der Waals surface area contributed by atoms with E-state index in [0.717, 1.165) is 31.5 Å². The molecule has 0 saturated carbocycles. The predicted octanol–water partition coefficient (Wildman–Crippen LogP) is 2.00. The third kappa shape index (κ3) is 4.64. The lowest BCUT2D eigenvalue weighted by Crippen LogP contribution is -2.30. The minimum absolute atomic E-state index is 0.0642. The first-order chi connectivity index (χ1) is 12.9. The molecule has 0 unspecified atom stereocenters. The van der Waals surface area contributed by atoms with Gasteiger partial charge >= 0.3 is 5.69 Å². The summed E-state index contributed by atoms with van der Waals surface area (Å²) in [5.41, 5.74) is 1.03. The Balaban J connectivity index is 1.61. The maximum absolute atomic E-state index is 12.4. The van der Waals surface area contributed by atoms with Crippen molar-refractivity contribution in [2.45, 2.75) is 52.6 Å². The summed E-state index contributed by atoms with van der Waals surface area (Å²) < 4.78 is 2.90. The quantitative estimate of drug-likeness (QED) is 0.840. The molecule has 0 fully saturated rings. The Morgan fingerprint density at radius 3 is 2.41 bits per heavy atom. The largest absolute Gasteiger partial charge is 0.346 e. The van der Waals surface area contributed by atoms with Crippen molar-refractivity contribution in [1.29, 1.82) is 0 Å². The molecular formula is C19H25N5O3. The molecule has 0 spiro atoms. The monoisotopic (exact) mass is 371 g/mol. The number of benzene rings is 1. The maximum atomic E-state index is 12.4. The van der Waals surface area contributed by atoms with Crippen LogP contribution in [0.4, 0.5) is 11.4 Å². The molecule has 0 saturated heterocycles. The van der Waals surface area contributed by atoms with E-state index in [-0.39, 0.29) is 30.0 Å². The van der Waals surface area contributed by atoms with E-state index in [9.17, 15) is 14.4 Å². The van der Waals surface area contributed by atoms with Crippen molar-refractivity contribution in [3.8, 4) is 0 Å². The first-order valence-electron chi connectivity index (χ1n) is 9.31. The van der Waals surface area contributed by atoms with Crippen molar-refractivity contribution in [3.05, 3.63) is 40.6 Å². The highest BCUT2D eigenvalue weighted by atomic mass is 16.2. The molecule has 27 heavy (non-hydrogen) atoms. The second-order valence-corrected chi connectivity index (χ2v) is 7.09. The van der Waals surface area contributed by atoms with Crippen molar-refractivity contribution in [2.24, 2.45) is 5.92 Å². The summed E-state index contributed by atoms with van der Waals surface area (Å²) in [6.07, 6.45) is 3.84. The topological polar surface area (TPSA) is 98.0 Å². The molecule has 8 nitrogen and oxygen atoms in total. The Kier molecular flexibility index (Phi) is 5.73. The molecule has 0 radical (unpaired) electrons. The van der Waals surface area contributed by atoms with E-state index in [0.29, 0.717) is 17.9 Å². The summed E-state index contributed by atoms with van der Waals surface area (Å²) in [4.78, 5) is 36.4. The second kappa shape index (κ2) is 8.20. The lowest BCUT2D eigenvalue weighted by atomic mass is 10.2. The molecule has 1 aromatic carbocycles. The fraction of sp³-hybridized carbons (Fsp3) is 0.474. The Morgan fingerprint density at radius 2 is 1.74 bits per heavy atom. The highest BCUT2D eigenvalue weighted by Gasteiger charge is 2.17. The van der Waals surface area contributed by atoms with Gasteiger partial charge in [-0.25, -0.2) is 9.48 Å². The zero-order valence-electron chi connectivity index (χ0n) is 15.7. The Labute approximate surface area is 157 Å². The van der Waals surface area contributed by atoms with Gasteiger partial charge in [0.1, 0.15) is 12.4 Å². The van der Waals surface area contributed by atoms with Gasteiger partial charge in [0.25, 0.3) is 0 Å². The molecule has 8 heteroatoms. The number of carbonyl (C=O) groups is 2. The summed E-state index contributed by atoms with van der Waals surface area (Å²) in [6.45, 7) is 4.19. The van der Waals surface area contributed by atoms with E-state index in [4.69, 9.17) is 0 Å². The van der Waals surface area contributed by atoms with Crippen LogP contribution in [0.15, 0.2) is 29.1 Å². The maximum Gasteiger partial charge on any atom is 0.346 e. The molecule has 2 N–H and O–H groups in total. The number of nitrogens with zero attached hydrogens (tertiary/aromatic N) is 3.